The van der Waals surface area contributed by atoms with Crippen LogP contribution < -0.4 is 0 Å². The van der Waals surface area contributed by atoms with Gasteiger partial charge in [0.2, 0.25) is 0 Å². The lowest BCUT2D eigenvalue weighted by atomic mass is 10.1. The Balaban J connectivity index is 5.06. The van der Waals surface area contributed by atoms with Gasteiger partial charge >= 0.3 is 30.0 Å². The van der Waals surface area contributed by atoms with Gasteiger partial charge in [0.25, 0.3) is 0 Å². The Morgan fingerprint density at radius 1 is 1.05 bits per heavy atom. The monoisotopic (exact) mass is 314 g/mol. The average molecular weight is 314 g/mol. The molecule has 0 amide bonds. The third-order valence-corrected chi connectivity index (χ3v) is 1.91. The van der Waals surface area contributed by atoms with Crippen molar-refractivity contribution in [1.29, 1.82) is 0 Å². The maximum absolute atomic E-state index is 12.8. The molecule has 0 bridgehead atoms. The molecule has 0 aromatic heterocycles. The molecule has 0 rings (SSSR count). The molecule has 1 unspecified atom stereocenters. The van der Waals surface area contributed by atoms with Gasteiger partial charge in [-0.2, -0.15) is 30.7 Å². The Morgan fingerprint density at radius 3 is 1.85 bits per heavy atom. The summed E-state index contributed by atoms with van der Waals surface area (Å²) in [6, 6.07) is 0. The zero-order chi connectivity index (χ0) is 16.4. The van der Waals surface area contributed by atoms with E-state index in [1.165, 1.54) is 6.92 Å². The van der Waals surface area contributed by atoms with E-state index in [9.17, 15) is 40.3 Å². The first-order valence-electron chi connectivity index (χ1n) is 4.99. The number of carbonyl (C=O) groups excluding carboxylic acids is 2. The number of carbonyl (C=O) groups is 2. The molecule has 0 aliphatic carbocycles. The summed E-state index contributed by atoms with van der Waals surface area (Å²) in [6.45, 7) is 1.74. The van der Waals surface area contributed by atoms with Gasteiger partial charge in [0.1, 0.15) is 0 Å². The molecule has 0 aromatic carbocycles. The minimum atomic E-state index is -6.66. The van der Waals surface area contributed by atoms with Crippen LogP contribution in [0.25, 0.3) is 0 Å². The predicted molar refractivity (Wildman–Crippen MR) is 48.1 cm³/mol. The van der Waals surface area contributed by atoms with Gasteiger partial charge in [-0.05, 0) is 13.8 Å². The minimum Gasteiger partial charge on any atom is -0.463 e. The number of ether oxygens (including phenoxy) is 2. The largest absolute Gasteiger partial charge is 0.463 e. The first kappa shape index (κ1) is 18.4. The summed E-state index contributed by atoms with van der Waals surface area (Å²) in [5.74, 6) is -17.4. The summed E-state index contributed by atoms with van der Waals surface area (Å²) in [5, 5.41) is 0. The zero-order valence-electron chi connectivity index (χ0n) is 10.1. The van der Waals surface area contributed by atoms with Crippen LogP contribution in [0.1, 0.15) is 13.8 Å². The highest BCUT2D eigenvalue weighted by Crippen LogP contribution is 2.47. The summed E-state index contributed by atoms with van der Waals surface area (Å²) in [7, 11) is 0. The molecule has 0 radical (unpaired) electrons. The van der Waals surface area contributed by atoms with Crippen LogP contribution >= 0.6 is 0 Å². The Labute approximate surface area is 107 Å². The van der Waals surface area contributed by atoms with Crippen molar-refractivity contribution in [3.63, 3.8) is 0 Å². The number of rotatable bonds is 5. The first-order chi connectivity index (χ1) is 8.79. The molecule has 0 aliphatic heterocycles. The van der Waals surface area contributed by atoms with Crippen LogP contribution in [0.3, 0.4) is 0 Å². The Bertz CT molecular complexity index is 377. The summed E-state index contributed by atoms with van der Waals surface area (Å²) in [6.07, 6.45) is -8.72. The van der Waals surface area contributed by atoms with Crippen molar-refractivity contribution in [3.8, 4) is 0 Å². The lowest BCUT2D eigenvalue weighted by molar-refractivity contribution is -0.348. The van der Waals surface area contributed by atoms with Crippen LogP contribution in [-0.4, -0.2) is 42.7 Å². The topological polar surface area (TPSA) is 52.6 Å². The molecule has 0 saturated carbocycles. The van der Waals surface area contributed by atoms with Crippen molar-refractivity contribution >= 4 is 11.9 Å². The van der Waals surface area contributed by atoms with E-state index in [0.717, 1.165) is 0 Å². The molecule has 4 nitrogen and oxygen atoms in total. The molecule has 0 N–H and O–H groups in total. The lowest BCUT2D eigenvalue weighted by Gasteiger charge is -2.27. The number of hydrogen-bond donors (Lipinski definition) is 0. The summed E-state index contributed by atoms with van der Waals surface area (Å²) in [5.41, 5.74) is 0. The smallest absolute Gasteiger partial charge is 0.460 e. The van der Waals surface area contributed by atoms with E-state index >= 15 is 0 Å². The molecule has 0 fully saturated rings. The van der Waals surface area contributed by atoms with E-state index in [2.05, 4.69) is 9.47 Å². The van der Waals surface area contributed by atoms with Gasteiger partial charge in [0.15, 0.2) is 6.10 Å². The molecular weight excluding hydrogens is 305 g/mol. The molecule has 118 valence electrons. The number of alkyl halides is 7. The van der Waals surface area contributed by atoms with E-state index in [-0.39, 0.29) is 6.61 Å². The van der Waals surface area contributed by atoms with E-state index in [1.54, 1.807) is 0 Å². The number of esters is 2. The van der Waals surface area contributed by atoms with Crippen LogP contribution in [-0.2, 0) is 19.1 Å². The maximum atomic E-state index is 12.8. The summed E-state index contributed by atoms with van der Waals surface area (Å²) < 4.78 is 93.6. The highest BCUT2D eigenvalue weighted by molar-refractivity contribution is 5.83. The van der Waals surface area contributed by atoms with Crippen molar-refractivity contribution in [1.82, 2.24) is 0 Å². The normalized spacial score (nSPS) is 14.7. The third kappa shape index (κ3) is 3.51. The highest BCUT2D eigenvalue weighted by Gasteiger charge is 2.77. The van der Waals surface area contributed by atoms with Crippen molar-refractivity contribution in [2.45, 2.75) is 38.0 Å². The van der Waals surface area contributed by atoms with Crippen LogP contribution in [0.4, 0.5) is 30.7 Å². The van der Waals surface area contributed by atoms with Crippen LogP contribution in [0, 0.1) is 0 Å². The van der Waals surface area contributed by atoms with E-state index in [1.807, 2.05) is 0 Å². The molecule has 11 heteroatoms. The van der Waals surface area contributed by atoms with Crippen LogP contribution in [0.5, 0.6) is 0 Å². The van der Waals surface area contributed by atoms with Gasteiger partial charge in [-0.15, -0.1) is 0 Å². The third-order valence-electron chi connectivity index (χ3n) is 1.91. The second-order valence-electron chi connectivity index (χ2n) is 3.45. The molecule has 0 aromatic rings. The van der Waals surface area contributed by atoms with Crippen LogP contribution in [0.15, 0.2) is 0 Å². The fourth-order valence-electron chi connectivity index (χ4n) is 0.848. The SMILES string of the molecule is CCOC(=O)C(C)OC(=O)C(F)(F)C(F)(F)C(F)(F)F. The molecule has 0 saturated heterocycles. The standard InChI is InChI=1S/C9H9F7O4/c1-3-19-5(17)4(2)20-6(18)7(10,11)8(12,13)9(14,15)16/h4H,3H2,1-2H3. The highest BCUT2D eigenvalue weighted by atomic mass is 19.4. The van der Waals surface area contributed by atoms with Gasteiger partial charge in [-0.3, -0.25) is 0 Å². The molecule has 0 aliphatic rings. The van der Waals surface area contributed by atoms with Crippen molar-refractivity contribution in [3.05, 3.63) is 0 Å². The molecular formula is C9H9F7O4. The van der Waals surface area contributed by atoms with E-state index in [0.29, 0.717) is 6.92 Å². The lowest BCUT2D eigenvalue weighted by Crippen LogP contribution is -2.57. The van der Waals surface area contributed by atoms with Crippen molar-refractivity contribution in [2.24, 2.45) is 0 Å². The van der Waals surface area contributed by atoms with Gasteiger partial charge in [-0.1, -0.05) is 0 Å². The average Bonchev–Trinajstić information content (AvgIpc) is 2.27. The van der Waals surface area contributed by atoms with Crippen molar-refractivity contribution < 1.29 is 49.8 Å². The summed E-state index contributed by atoms with van der Waals surface area (Å²) >= 11 is 0. The van der Waals surface area contributed by atoms with E-state index < -0.39 is 36.1 Å². The predicted octanol–water partition coefficient (Wildman–Crippen LogP) is 2.31. The van der Waals surface area contributed by atoms with Gasteiger partial charge < -0.3 is 9.47 Å². The zero-order valence-corrected chi connectivity index (χ0v) is 10.1. The van der Waals surface area contributed by atoms with Gasteiger partial charge in [0, 0.05) is 0 Å². The Hall–Kier alpha value is -1.55. The summed E-state index contributed by atoms with van der Waals surface area (Å²) in [4.78, 5) is 21.6. The first-order valence-corrected chi connectivity index (χ1v) is 4.99. The number of halogens is 7. The van der Waals surface area contributed by atoms with Gasteiger partial charge in [0.05, 0.1) is 6.61 Å². The molecule has 0 heterocycles. The number of hydrogen-bond acceptors (Lipinski definition) is 4. The Kier molecular flexibility index (Phi) is 5.38. The molecule has 20 heavy (non-hydrogen) atoms. The minimum absolute atomic E-state index is 0.240. The fourth-order valence-corrected chi connectivity index (χ4v) is 0.848. The second-order valence-corrected chi connectivity index (χ2v) is 3.45. The molecule has 1 atom stereocenters. The van der Waals surface area contributed by atoms with Gasteiger partial charge in [-0.25, -0.2) is 9.59 Å². The second kappa shape index (κ2) is 5.83. The molecule has 0 spiro atoms. The Morgan fingerprint density at radius 2 is 1.50 bits per heavy atom. The fraction of sp³-hybridized carbons (Fsp3) is 0.778. The van der Waals surface area contributed by atoms with Crippen LogP contribution in [0.2, 0.25) is 0 Å². The van der Waals surface area contributed by atoms with E-state index in [4.69, 9.17) is 0 Å². The maximum Gasteiger partial charge on any atom is 0.460 e. The van der Waals surface area contributed by atoms with Crippen molar-refractivity contribution in [2.75, 3.05) is 6.61 Å². The quantitative estimate of drug-likeness (QED) is 0.577.